The molecule has 0 spiro atoms. The summed E-state index contributed by atoms with van der Waals surface area (Å²) in [5.41, 5.74) is 3.05. The summed E-state index contributed by atoms with van der Waals surface area (Å²) in [6.07, 6.45) is 3.88. The Hall–Kier alpha value is -0.860. The van der Waals surface area contributed by atoms with Gasteiger partial charge in [0, 0.05) is 24.6 Å². The minimum Gasteiger partial charge on any atom is -0.381 e. The minimum absolute atomic E-state index is 0.256. The fraction of sp³-hybridized carbons (Fsp3) is 0.667. The Morgan fingerprint density at radius 3 is 2.75 bits per heavy atom. The highest BCUT2D eigenvalue weighted by molar-refractivity contribution is 5.22. The van der Waals surface area contributed by atoms with E-state index in [2.05, 4.69) is 57.3 Å². The maximum atomic E-state index is 5.52. The van der Waals surface area contributed by atoms with Crippen LogP contribution in [0.2, 0.25) is 0 Å². The van der Waals surface area contributed by atoms with Crippen molar-refractivity contribution in [2.75, 3.05) is 7.11 Å². The fourth-order valence-electron chi connectivity index (χ4n) is 3.25. The van der Waals surface area contributed by atoms with Crippen LogP contribution in [0.25, 0.3) is 0 Å². The van der Waals surface area contributed by atoms with Gasteiger partial charge in [-0.25, -0.2) is 0 Å². The van der Waals surface area contributed by atoms with Crippen LogP contribution < -0.4 is 5.32 Å². The van der Waals surface area contributed by atoms with Gasteiger partial charge in [0.2, 0.25) is 0 Å². The first-order valence-electron chi connectivity index (χ1n) is 7.78. The van der Waals surface area contributed by atoms with E-state index in [1.54, 1.807) is 0 Å². The predicted molar refractivity (Wildman–Crippen MR) is 85.1 cm³/mol. The topological polar surface area (TPSA) is 21.3 Å². The van der Waals surface area contributed by atoms with Crippen LogP contribution in [0.1, 0.15) is 44.7 Å². The van der Waals surface area contributed by atoms with Gasteiger partial charge in [0.1, 0.15) is 0 Å². The van der Waals surface area contributed by atoms with Gasteiger partial charge in [-0.05, 0) is 38.7 Å². The Kier molecular flexibility index (Phi) is 4.87. The van der Waals surface area contributed by atoms with Gasteiger partial charge in [0.05, 0.1) is 6.10 Å². The van der Waals surface area contributed by atoms with Gasteiger partial charge >= 0.3 is 0 Å². The first-order valence-corrected chi connectivity index (χ1v) is 7.78. The maximum absolute atomic E-state index is 5.52. The lowest BCUT2D eigenvalue weighted by Crippen LogP contribution is -2.62. The summed E-state index contributed by atoms with van der Waals surface area (Å²) in [5.74, 6) is 0. The van der Waals surface area contributed by atoms with E-state index in [9.17, 15) is 0 Å². The lowest BCUT2D eigenvalue weighted by atomic mass is 9.64. The molecule has 0 bridgehead atoms. The lowest BCUT2D eigenvalue weighted by molar-refractivity contribution is -0.0999. The van der Waals surface area contributed by atoms with Crippen molar-refractivity contribution in [1.82, 2.24) is 5.32 Å². The normalized spacial score (nSPS) is 26.1. The van der Waals surface area contributed by atoms with Crippen LogP contribution >= 0.6 is 0 Å². The molecule has 2 nitrogen and oxygen atoms in total. The predicted octanol–water partition coefficient (Wildman–Crippen LogP) is 3.72. The van der Waals surface area contributed by atoms with Gasteiger partial charge in [-0.1, -0.05) is 43.7 Å². The van der Waals surface area contributed by atoms with Crippen LogP contribution in [0.15, 0.2) is 24.3 Å². The molecule has 2 heteroatoms. The van der Waals surface area contributed by atoms with Gasteiger partial charge in [0.25, 0.3) is 0 Å². The smallest absolute Gasteiger partial charge is 0.0652 e. The Morgan fingerprint density at radius 1 is 1.40 bits per heavy atom. The Morgan fingerprint density at radius 2 is 2.15 bits per heavy atom. The largest absolute Gasteiger partial charge is 0.381 e. The second kappa shape index (κ2) is 6.28. The molecule has 0 amide bonds. The summed E-state index contributed by atoms with van der Waals surface area (Å²) in [5, 5.41) is 3.78. The van der Waals surface area contributed by atoms with Gasteiger partial charge in [-0.3, -0.25) is 0 Å². The summed E-state index contributed by atoms with van der Waals surface area (Å²) in [7, 11) is 1.82. The van der Waals surface area contributed by atoms with Crippen LogP contribution in [-0.4, -0.2) is 25.3 Å². The SMILES string of the molecule is COC1CC(NC(C)CCc2cccc(C)c2)C1(C)C. The van der Waals surface area contributed by atoms with Crippen LogP contribution in [0.4, 0.5) is 0 Å². The van der Waals surface area contributed by atoms with Crippen molar-refractivity contribution in [2.24, 2.45) is 5.41 Å². The Labute approximate surface area is 123 Å². The molecule has 0 aliphatic heterocycles. The van der Waals surface area contributed by atoms with Gasteiger partial charge in [0.15, 0.2) is 0 Å². The van der Waals surface area contributed by atoms with E-state index in [4.69, 9.17) is 4.74 Å². The summed E-state index contributed by atoms with van der Waals surface area (Å²) >= 11 is 0. The number of ether oxygens (including phenoxy) is 1. The van der Waals surface area contributed by atoms with Gasteiger partial charge in [-0.15, -0.1) is 0 Å². The molecule has 1 N–H and O–H groups in total. The van der Waals surface area contributed by atoms with Crippen LogP contribution in [0.3, 0.4) is 0 Å². The van der Waals surface area contributed by atoms with Crippen molar-refractivity contribution in [3.63, 3.8) is 0 Å². The number of benzene rings is 1. The van der Waals surface area contributed by atoms with Crippen molar-refractivity contribution in [3.05, 3.63) is 35.4 Å². The highest BCUT2D eigenvalue weighted by Crippen LogP contribution is 2.42. The summed E-state index contributed by atoms with van der Waals surface area (Å²) < 4.78 is 5.52. The van der Waals surface area contributed by atoms with Crippen molar-refractivity contribution >= 4 is 0 Å². The van der Waals surface area contributed by atoms with E-state index in [0.717, 1.165) is 12.8 Å². The molecule has 1 aromatic carbocycles. The van der Waals surface area contributed by atoms with Crippen molar-refractivity contribution in [1.29, 1.82) is 0 Å². The molecule has 0 radical (unpaired) electrons. The van der Waals surface area contributed by atoms with E-state index >= 15 is 0 Å². The zero-order chi connectivity index (χ0) is 14.8. The van der Waals surface area contributed by atoms with E-state index in [1.165, 1.54) is 17.5 Å². The second-order valence-corrected chi connectivity index (χ2v) is 6.93. The van der Waals surface area contributed by atoms with Crippen LogP contribution in [-0.2, 0) is 11.2 Å². The van der Waals surface area contributed by atoms with E-state index in [0.29, 0.717) is 18.2 Å². The van der Waals surface area contributed by atoms with Crippen molar-refractivity contribution < 1.29 is 4.74 Å². The molecule has 1 fully saturated rings. The van der Waals surface area contributed by atoms with Crippen LogP contribution in [0.5, 0.6) is 0 Å². The fourth-order valence-corrected chi connectivity index (χ4v) is 3.25. The molecular weight excluding hydrogens is 246 g/mol. The molecule has 112 valence electrons. The molecule has 1 aromatic rings. The highest BCUT2D eigenvalue weighted by atomic mass is 16.5. The summed E-state index contributed by atoms with van der Waals surface area (Å²) in [4.78, 5) is 0. The maximum Gasteiger partial charge on any atom is 0.0652 e. The zero-order valence-electron chi connectivity index (χ0n) is 13.6. The third-order valence-corrected chi connectivity index (χ3v) is 4.90. The Bertz CT molecular complexity index is 441. The number of hydrogen-bond acceptors (Lipinski definition) is 2. The molecule has 20 heavy (non-hydrogen) atoms. The van der Waals surface area contributed by atoms with Crippen molar-refractivity contribution in [3.8, 4) is 0 Å². The van der Waals surface area contributed by atoms with Crippen molar-refractivity contribution in [2.45, 2.75) is 65.1 Å². The first kappa shape index (κ1) is 15.5. The zero-order valence-corrected chi connectivity index (χ0v) is 13.6. The molecular formula is C18H29NO. The average Bonchev–Trinajstić information content (AvgIpc) is 2.41. The first-order chi connectivity index (χ1) is 9.43. The second-order valence-electron chi connectivity index (χ2n) is 6.93. The molecule has 1 aliphatic carbocycles. The average molecular weight is 275 g/mol. The van der Waals surface area contributed by atoms with Crippen LogP contribution in [0, 0.1) is 12.3 Å². The molecule has 0 saturated heterocycles. The van der Waals surface area contributed by atoms with Gasteiger partial charge < -0.3 is 10.1 Å². The molecule has 1 saturated carbocycles. The Balaban J connectivity index is 1.78. The molecule has 3 unspecified atom stereocenters. The third kappa shape index (κ3) is 3.42. The van der Waals surface area contributed by atoms with E-state index in [1.807, 2.05) is 7.11 Å². The quantitative estimate of drug-likeness (QED) is 0.854. The number of aryl methyl sites for hydroxylation is 2. The number of rotatable bonds is 6. The summed E-state index contributed by atoms with van der Waals surface area (Å²) in [6, 6.07) is 9.97. The number of methoxy groups -OCH3 is 1. The molecule has 0 heterocycles. The van der Waals surface area contributed by atoms with E-state index < -0.39 is 0 Å². The minimum atomic E-state index is 0.256. The summed E-state index contributed by atoms with van der Waals surface area (Å²) in [6.45, 7) is 9.06. The monoisotopic (exact) mass is 275 g/mol. The molecule has 0 aromatic heterocycles. The molecule has 2 rings (SSSR count). The van der Waals surface area contributed by atoms with Gasteiger partial charge in [-0.2, -0.15) is 0 Å². The highest BCUT2D eigenvalue weighted by Gasteiger charge is 2.48. The standard InChI is InChI=1S/C18H29NO/c1-13-7-6-8-15(11-13)10-9-14(2)19-16-12-17(20-5)18(16,3)4/h6-8,11,14,16-17,19H,9-10,12H2,1-5H3. The molecule has 3 atom stereocenters. The number of hydrogen-bond donors (Lipinski definition) is 1. The third-order valence-electron chi connectivity index (χ3n) is 4.90. The lowest BCUT2D eigenvalue weighted by Gasteiger charge is -2.52. The number of nitrogens with one attached hydrogen (secondary N) is 1. The molecule has 1 aliphatic rings. The van der Waals surface area contributed by atoms with E-state index in [-0.39, 0.29) is 5.41 Å².